The fraction of sp³-hybridized carbons (Fsp3) is 0.750. The first-order valence-corrected chi connectivity index (χ1v) is 4.28. The van der Waals surface area contributed by atoms with Crippen molar-refractivity contribution in [3.63, 3.8) is 0 Å². The maximum atomic E-state index is 12.4. The van der Waals surface area contributed by atoms with Crippen molar-refractivity contribution < 1.29 is 13.2 Å². The Bertz CT molecular complexity index is 314. The fourth-order valence-corrected chi connectivity index (χ4v) is 1.21. The molecule has 0 atom stereocenters. The van der Waals surface area contributed by atoms with E-state index < -0.39 is 11.9 Å². The molecule has 0 bridgehead atoms. The number of nitrogens with zero attached hydrogens (tertiary/aromatic N) is 3. The van der Waals surface area contributed by atoms with Crippen molar-refractivity contribution in [1.29, 1.82) is 0 Å². The van der Waals surface area contributed by atoms with Crippen molar-refractivity contribution in [2.24, 2.45) is 13.0 Å². The highest BCUT2D eigenvalue weighted by molar-refractivity contribution is 5.14. The Morgan fingerprint density at radius 2 is 1.93 bits per heavy atom. The molecule has 6 heteroatoms. The number of aromatic nitrogens is 3. The lowest BCUT2D eigenvalue weighted by Gasteiger charge is -2.08. The third-order valence-electron chi connectivity index (χ3n) is 1.81. The van der Waals surface area contributed by atoms with Crippen molar-refractivity contribution >= 4 is 0 Å². The van der Waals surface area contributed by atoms with Crippen LogP contribution >= 0.6 is 0 Å². The summed E-state index contributed by atoms with van der Waals surface area (Å²) in [5.74, 6) is 0.147. The van der Waals surface area contributed by atoms with E-state index >= 15 is 0 Å². The summed E-state index contributed by atoms with van der Waals surface area (Å²) in [6, 6.07) is 0. The van der Waals surface area contributed by atoms with Crippen LogP contribution in [0.25, 0.3) is 0 Å². The zero-order chi connectivity index (χ0) is 10.9. The van der Waals surface area contributed by atoms with Crippen LogP contribution in [0.3, 0.4) is 0 Å². The zero-order valence-electron chi connectivity index (χ0n) is 8.26. The molecular formula is C8H12F3N3. The Kier molecular flexibility index (Phi) is 2.82. The van der Waals surface area contributed by atoms with Crippen molar-refractivity contribution in [2.75, 3.05) is 0 Å². The lowest BCUT2D eigenvalue weighted by molar-refractivity contribution is -0.141. The van der Waals surface area contributed by atoms with Gasteiger partial charge in [-0.25, -0.2) is 0 Å². The zero-order valence-corrected chi connectivity index (χ0v) is 8.26. The highest BCUT2D eigenvalue weighted by Crippen LogP contribution is 2.30. The Labute approximate surface area is 79.9 Å². The Morgan fingerprint density at radius 1 is 1.36 bits per heavy atom. The molecule has 0 fully saturated rings. The van der Waals surface area contributed by atoms with E-state index in [0.29, 0.717) is 6.42 Å². The molecule has 1 rings (SSSR count). The summed E-state index contributed by atoms with van der Waals surface area (Å²) in [4.78, 5) is 0. The predicted octanol–water partition coefficient (Wildman–Crippen LogP) is 2.03. The van der Waals surface area contributed by atoms with Gasteiger partial charge in [-0.15, -0.1) is 5.10 Å². The van der Waals surface area contributed by atoms with Crippen LogP contribution in [-0.4, -0.2) is 15.0 Å². The van der Waals surface area contributed by atoms with Crippen LogP contribution < -0.4 is 0 Å². The summed E-state index contributed by atoms with van der Waals surface area (Å²) < 4.78 is 38.4. The van der Waals surface area contributed by atoms with Gasteiger partial charge in [0, 0.05) is 7.05 Å². The van der Waals surface area contributed by atoms with E-state index in [1.807, 2.05) is 13.8 Å². The van der Waals surface area contributed by atoms with E-state index in [1.165, 1.54) is 11.7 Å². The molecule has 0 aromatic carbocycles. The molecule has 0 aliphatic heterocycles. The van der Waals surface area contributed by atoms with Crippen LogP contribution in [0.4, 0.5) is 13.2 Å². The first kappa shape index (κ1) is 11.0. The van der Waals surface area contributed by atoms with E-state index in [-0.39, 0.29) is 11.6 Å². The van der Waals surface area contributed by atoms with E-state index in [9.17, 15) is 13.2 Å². The highest BCUT2D eigenvalue weighted by Gasteiger charge is 2.38. The van der Waals surface area contributed by atoms with Gasteiger partial charge in [0.1, 0.15) is 0 Å². The number of aryl methyl sites for hydroxylation is 1. The van der Waals surface area contributed by atoms with Gasteiger partial charge in [-0.2, -0.15) is 13.2 Å². The lowest BCUT2D eigenvalue weighted by atomic mass is 10.1. The third kappa shape index (κ3) is 2.24. The molecule has 0 spiro atoms. The van der Waals surface area contributed by atoms with E-state index in [1.54, 1.807) is 0 Å². The Morgan fingerprint density at radius 3 is 2.36 bits per heavy atom. The van der Waals surface area contributed by atoms with Crippen LogP contribution in [0, 0.1) is 5.92 Å². The predicted molar refractivity (Wildman–Crippen MR) is 44.5 cm³/mol. The summed E-state index contributed by atoms with van der Waals surface area (Å²) in [7, 11) is 1.47. The SMILES string of the molecule is CC(C)Cc1c(C(F)(F)F)nnn1C. The number of rotatable bonds is 2. The van der Waals surface area contributed by atoms with Gasteiger partial charge in [-0.3, -0.25) is 4.68 Å². The second-order valence-corrected chi connectivity index (χ2v) is 3.60. The minimum absolute atomic E-state index is 0.146. The van der Waals surface area contributed by atoms with E-state index in [0.717, 1.165) is 0 Å². The lowest BCUT2D eigenvalue weighted by Crippen LogP contribution is -2.12. The normalized spacial score (nSPS) is 12.5. The minimum Gasteiger partial charge on any atom is -0.252 e. The molecular weight excluding hydrogens is 195 g/mol. The summed E-state index contributed by atoms with van der Waals surface area (Å²) in [5.41, 5.74) is -0.721. The van der Waals surface area contributed by atoms with Gasteiger partial charge in [0.25, 0.3) is 0 Å². The van der Waals surface area contributed by atoms with Crippen molar-refractivity contribution in [1.82, 2.24) is 15.0 Å². The molecule has 0 N–H and O–H groups in total. The standard InChI is InChI=1S/C8H12F3N3/c1-5(2)4-6-7(8(9,10)11)12-13-14(6)3/h5H,4H2,1-3H3. The maximum absolute atomic E-state index is 12.4. The first-order valence-electron chi connectivity index (χ1n) is 4.28. The topological polar surface area (TPSA) is 30.7 Å². The van der Waals surface area contributed by atoms with Gasteiger partial charge in [-0.05, 0) is 12.3 Å². The second-order valence-electron chi connectivity index (χ2n) is 3.60. The fourth-order valence-electron chi connectivity index (χ4n) is 1.21. The monoisotopic (exact) mass is 207 g/mol. The van der Waals surface area contributed by atoms with E-state index in [4.69, 9.17) is 0 Å². The van der Waals surface area contributed by atoms with Crippen LogP contribution in [0.1, 0.15) is 25.2 Å². The molecule has 0 aliphatic carbocycles. The van der Waals surface area contributed by atoms with Gasteiger partial charge < -0.3 is 0 Å². The summed E-state index contributed by atoms with van der Waals surface area (Å²) >= 11 is 0. The molecule has 0 aliphatic rings. The summed E-state index contributed by atoms with van der Waals surface area (Å²) in [6.07, 6.45) is -4.07. The third-order valence-corrected chi connectivity index (χ3v) is 1.81. The van der Waals surface area contributed by atoms with Crippen LogP contribution in [0.5, 0.6) is 0 Å². The first-order chi connectivity index (χ1) is 6.32. The summed E-state index contributed by atoms with van der Waals surface area (Å²) in [6.45, 7) is 3.71. The number of hydrogen-bond acceptors (Lipinski definition) is 2. The van der Waals surface area contributed by atoms with Gasteiger partial charge in [0.15, 0.2) is 5.69 Å². The molecule has 0 amide bonds. The second kappa shape index (κ2) is 3.59. The minimum atomic E-state index is -4.40. The van der Waals surface area contributed by atoms with Crippen molar-refractivity contribution in [2.45, 2.75) is 26.4 Å². The number of halogens is 3. The molecule has 80 valence electrons. The Balaban J connectivity index is 3.06. The molecule has 14 heavy (non-hydrogen) atoms. The van der Waals surface area contributed by atoms with Gasteiger partial charge in [-0.1, -0.05) is 19.1 Å². The number of alkyl halides is 3. The molecule has 0 unspecified atom stereocenters. The molecule has 1 aromatic heterocycles. The van der Waals surface area contributed by atoms with Crippen molar-refractivity contribution in [3.8, 4) is 0 Å². The Hall–Kier alpha value is -1.07. The van der Waals surface area contributed by atoms with Crippen molar-refractivity contribution in [3.05, 3.63) is 11.4 Å². The van der Waals surface area contributed by atoms with Crippen LogP contribution in [0.15, 0.2) is 0 Å². The van der Waals surface area contributed by atoms with E-state index in [2.05, 4.69) is 10.3 Å². The molecule has 0 saturated carbocycles. The number of hydrogen-bond donors (Lipinski definition) is 0. The average Bonchev–Trinajstić information content (AvgIpc) is 2.30. The van der Waals surface area contributed by atoms with Gasteiger partial charge in [0.05, 0.1) is 5.69 Å². The highest BCUT2D eigenvalue weighted by atomic mass is 19.4. The van der Waals surface area contributed by atoms with Gasteiger partial charge >= 0.3 is 6.18 Å². The molecule has 0 saturated heterocycles. The molecule has 1 heterocycles. The summed E-state index contributed by atoms with van der Waals surface area (Å²) in [5, 5.41) is 6.51. The van der Waals surface area contributed by atoms with Crippen LogP contribution in [-0.2, 0) is 19.6 Å². The molecule has 0 radical (unpaired) electrons. The van der Waals surface area contributed by atoms with Gasteiger partial charge in [0.2, 0.25) is 0 Å². The smallest absolute Gasteiger partial charge is 0.252 e. The molecule has 3 nitrogen and oxygen atoms in total. The quantitative estimate of drug-likeness (QED) is 0.742. The maximum Gasteiger partial charge on any atom is 0.437 e. The average molecular weight is 207 g/mol. The largest absolute Gasteiger partial charge is 0.437 e. The molecule has 1 aromatic rings. The van der Waals surface area contributed by atoms with Crippen LogP contribution in [0.2, 0.25) is 0 Å².